The quantitative estimate of drug-likeness (QED) is 0.864. The maximum atomic E-state index is 12.2. The summed E-state index contributed by atoms with van der Waals surface area (Å²) in [6.45, 7) is 10.9. The van der Waals surface area contributed by atoms with Crippen LogP contribution < -0.4 is 9.88 Å². The number of carbonyl (C=O) groups excluding carboxylic acids is 1. The lowest BCUT2D eigenvalue weighted by Gasteiger charge is -2.19. The lowest BCUT2D eigenvalue weighted by Crippen LogP contribution is -2.43. The van der Waals surface area contributed by atoms with E-state index in [-0.39, 0.29) is 11.3 Å². The number of nitrogens with zero attached hydrogens (tertiary/aromatic N) is 1. The number of amides is 1. The van der Waals surface area contributed by atoms with Crippen molar-refractivity contribution >= 4 is 11.6 Å². The van der Waals surface area contributed by atoms with E-state index in [1.807, 2.05) is 35.9 Å². The van der Waals surface area contributed by atoms with Crippen molar-refractivity contribution < 1.29 is 9.36 Å². The van der Waals surface area contributed by atoms with Gasteiger partial charge in [-0.2, -0.15) is 4.57 Å². The molecular weight excluding hydrogens is 272 g/mol. The Morgan fingerprint density at radius 2 is 1.73 bits per heavy atom. The van der Waals surface area contributed by atoms with E-state index in [2.05, 4.69) is 51.2 Å². The summed E-state index contributed by atoms with van der Waals surface area (Å²) < 4.78 is 1.97. The second kappa shape index (κ2) is 6.30. The highest BCUT2D eigenvalue weighted by Gasteiger charge is 2.15. The monoisotopic (exact) mass is 297 g/mol. The third-order valence-corrected chi connectivity index (χ3v) is 3.96. The van der Waals surface area contributed by atoms with Gasteiger partial charge < -0.3 is 5.32 Å². The molecule has 0 aliphatic heterocycles. The minimum Gasteiger partial charge on any atom is -0.321 e. The summed E-state index contributed by atoms with van der Waals surface area (Å²) in [4.78, 5) is 12.2. The molecule has 0 bridgehead atoms. The van der Waals surface area contributed by atoms with Gasteiger partial charge in [0.15, 0.2) is 11.9 Å². The summed E-state index contributed by atoms with van der Waals surface area (Å²) >= 11 is 0. The van der Waals surface area contributed by atoms with Crippen molar-refractivity contribution in [1.29, 1.82) is 0 Å². The van der Waals surface area contributed by atoms with Crippen molar-refractivity contribution in [2.75, 3.05) is 5.32 Å². The number of aromatic nitrogens is 1. The first-order valence-electron chi connectivity index (χ1n) is 7.63. The first-order valence-corrected chi connectivity index (χ1v) is 7.63. The molecule has 1 heterocycles. The van der Waals surface area contributed by atoms with Crippen LogP contribution in [0.25, 0.3) is 0 Å². The highest BCUT2D eigenvalue weighted by atomic mass is 16.1. The van der Waals surface area contributed by atoms with Crippen LogP contribution in [0.4, 0.5) is 5.69 Å². The van der Waals surface area contributed by atoms with Gasteiger partial charge >= 0.3 is 0 Å². The lowest BCUT2D eigenvalue weighted by atomic mass is 9.87. The maximum Gasteiger partial charge on any atom is 0.290 e. The molecule has 0 aliphatic rings. The van der Waals surface area contributed by atoms with E-state index in [4.69, 9.17) is 0 Å². The standard InChI is InChI=1S/C19H24N2O/c1-14-7-6-12-21(15(14)2)13-18(22)20-17-10-8-16(9-11-17)19(3,4)5/h6-12H,13H2,1-5H3/p+1. The molecule has 0 saturated carbocycles. The average Bonchev–Trinajstić information content (AvgIpc) is 2.43. The zero-order valence-electron chi connectivity index (χ0n) is 14.1. The topological polar surface area (TPSA) is 33.0 Å². The molecule has 116 valence electrons. The van der Waals surface area contributed by atoms with E-state index in [0.717, 1.165) is 11.4 Å². The smallest absolute Gasteiger partial charge is 0.290 e. The van der Waals surface area contributed by atoms with Gasteiger partial charge in [-0.3, -0.25) is 4.79 Å². The molecule has 2 aromatic rings. The summed E-state index contributed by atoms with van der Waals surface area (Å²) in [5.41, 5.74) is 4.51. The van der Waals surface area contributed by atoms with Gasteiger partial charge in [-0.15, -0.1) is 0 Å². The number of rotatable bonds is 3. The molecule has 1 N–H and O–H groups in total. The minimum absolute atomic E-state index is 0.0118. The van der Waals surface area contributed by atoms with Crippen LogP contribution in [0.2, 0.25) is 0 Å². The van der Waals surface area contributed by atoms with E-state index >= 15 is 0 Å². The summed E-state index contributed by atoms with van der Waals surface area (Å²) in [5, 5.41) is 2.96. The van der Waals surface area contributed by atoms with E-state index in [1.54, 1.807) is 0 Å². The third-order valence-electron chi connectivity index (χ3n) is 3.96. The van der Waals surface area contributed by atoms with E-state index in [1.165, 1.54) is 11.1 Å². The number of aryl methyl sites for hydroxylation is 1. The lowest BCUT2D eigenvalue weighted by molar-refractivity contribution is -0.690. The number of pyridine rings is 1. The Hall–Kier alpha value is -2.16. The van der Waals surface area contributed by atoms with Gasteiger partial charge in [-0.25, -0.2) is 0 Å². The molecular formula is C19H25N2O+. The van der Waals surface area contributed by atoms with Crippen LogP contribution in [0.3, 0.4) is 0 Å². The molecule has 0 fully saturated rings. The average molecular weight is 297 g/mol. The number of benzene rings is 1. The van der Waals surface area contributed by atoms with Crippen LogP contribution in [0.5, 0.6) is 0 Å². The zero-order valence-corrected chi connectivity index (χ0v) is 14.1. The van der Waals surface area contributed by atoms with Crippen molar-refractivity contribution in [1.82, 2.24) is 0 Å². The summed E-state index contributed by atoms with van der Waals surface area (Å²) in [6, 6.07) is 12.1. The van der Waals surface area contributed by atoms with E-state index < -0.39 is 0 Å². The number of carbonyl (C=O) groups is 1. The van der Waals surface area contributed by atoms with Crippen LogP contribution in [0.15, 0.2) is 42.6 Å². The second-order valence-electron chi connectivity index (χ2n) is 6.78. The van der Waals surface area contributed by atoms with Crippen LogP contribution in [-0.2, 0) is 16.8 Å². The molecule has 1 aromatic heterocycles. The fourth-order valence-electron chi connectivity index (χ4n) is 2.33. The Labute approximate surface area is 133 Å². The van der Waals surface area contributed by atoms with Crippen LogP contribution >= 0.6 is 0 Å². The second-order valence-corrected chi connectivity index (χ2v) is 6.78. The molecule has 0 unspecified atom stereocenters. The molecule has 1 aromatic carbocycles. The SMILES string of the molecule is Cc1ccc[n+](CC(=O)Nc2ccc(C(C)(C)C)cc2)c1C. The summed E-state index contributed by atoms with van der Waals surface area (Å²) in [7, 11) is 0. The maximum absolute atomic E-state index is 12.2. The number of hydrogen-bond acceptors (Lipinski definition) is 1. The predicted octanol–water partition coefficient (Wildman–Crippen LogP) is 3.53. The van der Waals surface area contributed by atoms with Gasteiger partial charge in [0.2, 0.25) is 6.54 Å². The third kappa shape index (κ3) is 3.94. The Bertz CT molecular complexity index is 667. The van der Waals surface area contributed by atoms with Crippen molar-refractivity contribution in [2.24, 2.45) is 0 Å². The van der Waals surface area contributed by atoms with Crippen molar-refractivity contribution in [2.45, 2.75) is 46.6 Å². The Morgan fingerprint density at radius 1 is 1.09 bits per heavy atom. The van der Waals surface area contributed by atoms with Gasteiger partial charge in [-0.05, 0) is 36.1 Å². The van der Waals surface area contributed by atoms with Gasteiger partial charge in [0.05, 0.1) is 0 Å². The van der Waals surface area contributed by atoms with Gasteiger partial charge in [0.1, 0.15) is 0 Å². The van der Waals surface area contributed by atoms with Crippen LogP contribution in [0.1, 0.15) is 37.6 Å². The molecule has 3 nitrogen and oxygen atoms in total. The summed E-state index contributed by atoms with van der Waals surface area (Å²) in [5.74, 6) is -0.0118. The van der Waals surface area contributed by atoms with E-state index in [0.29, 0.717) is 6.54 Å². The first kappa shape index (κ1) is 16.2. The number of nitrogens with one attached hydrogen (secondary N) is 1. The zero-order chi connectivity index (χ0) is 16.3. The minimum atomic E-state index is -0.0118. The molecule has 1 amide bonds. The molecule has 0 aliphatic carbocycles. The fourth-order valence-corrected chi connectivity index (χ4v) is 2.33. The van der Waals surface area contributed by atoms with Gasteiger partial charge in [0.25, 0.3) is 5.91 Å². The Balaban J connectivity index is 2.05. The normalized spacial score (nSPS) is 11.3. The van der Waals surface area contributed by atoms with E-state index in [9.17, 15) is 4.79 Å². The number of anilines is 1. The molecule has 22 heavy (non-hydrogen) atoms. The summed E-state index contributed by atoms with van der Waals surface area (Å²) in [6.07, 6.45) is 1.94. The molecule has 2 rings (SSSR count). The molecule has 0 spiro atoms. The Kier molecular flexibility index (Phi) is 4.65. The van der Waals surface area contributed by atoms with Crippen LogP contribution in [-0.4, -0.2) is 5.91 Å². The van der Waals surface area contributed by atoms with Gasteiger partial charge in [0, 0.05) is 24.2 Å². The Morgan fingerprint density at radius 3 is 2.32 bits per heavy atom. The first-order chi connectivity index (χ1) is 10.3. The molecule has 0 radical (unpaired) electrons. The molecule has 0 saturated heterocycles. The highest BCUT2D eigenvalue weighted by Crippen LogP contribution is 2.23. The van der Waals surface area contributed by atoms with Crippen molar-refractivity contribution in [3.05, 3.63) is 59.4 Å². The van der Waals surface area contributed by atoms with Crippen molar-refractivity contribution in [3.63, 3.8) is 0 Å². The van der Waals surface area contributed by atoms with Gasteiger partial charge in [-0.1, -0.05) is 32.9 Å². The highest BCUT2D eigenvalue weighted by molar-refractivity contribution is 5.89. The predicted molar refractivity (Wildman–Crippen MR) is 89.9 cm³/mol. The molecule has 0 atom stereocenters. The number of hydrogen-bond donors (Lipinski definition) is 1. The fraction of sp³-hybridized carbons (Fsp3) is 0.368. The largest absolute Gasteiger partial charge is 0.321 e. The molecule has 3 heteroatoms. The van der Waals surface area contributed by atoms with Crippen molar-refractivity contribution in [3.8, 4) is 0 Å². The van der Waals surface area contributed by atoms with Crippen LogP contribution in [0, 0.1) is 13.8 Å².